The molecule has 0 N–H and O–H groups in total. The van der Waals surface area contributed by atoms with Crippen LogP contribution in [-0.2, 0) is 19.0 Å². The SMILES string of the molecule is CCOC(=O)/C(F)=C/C(OC)OC. The molecule has 0 unspecified atom stereocenters. The van der Waals surface area contributed by atoms with Crippen LogP contribution in [0.2, 0.25) is 0 Å². The second-order valence-corrected chi connectivity index (χ2v) is 2.07. The lowest BCUT2D eigenvalue weighted by atomic mass is 10.4. The van der Waals surface area contributed by atoms with Gasteiger partial charge < -0.3 is 14.2 Å². The van der Waals surface area contributed by atoms with Crippen molar-refractivity contribution in [3.63, 3.8) is 0 Å². The summed E-state index contributed by atoms with van der Waals surface area (Å²) in [7, 11) is 2.67. The van der Waals surface area contributed by atoms with Crippen LogP contribution in [-0.4, -0.2) is 33.1 Å². The minimum absolute atomic E-state index is 0.130. The zero-order valence-electron chi connectivity index (χ0n) is 7.87. The fraction of sp³-hybridized carbons (Fsp3) is 0.625. The molecule has 13 heavy (non-hydrogen) atoms. The fourth-order valence-corrected chi connectivity index (χ4v) is 0.620. The third kappa shape index (κ3) is 4.59. The first-order chi connectivity index (χ1) is 6.15. The van der Waals surface area contributed by atoms with Gasteiger partial charge in [0.05, 0.1) is 6.61 Å². The Bertz CT molecular complexity index is 187. The van der Waals surface area contributed by atoms with Crippen molar-refractivity contribution < 1.29 is 23.4 Å². The van der Waals surface area contributed by atoms with Crippen molar-refractivity contribution in [2.24, 2.45) is 0 Å². The van der Waals surface area contributed by atoms with Gasteiger partial charge in [-0.05, 0) is 6.92 Å². The van der Waals surface area contributed by atoms with Gasteiger partial charge in [0.1, 0.15) is 0 Å². The molecule has 0 atom stereocenters. The molecule has 0 aromatic rings. The zero-order valence-corrected chi connectivity index (χ0v) is 7.87. The summed E-state index contributed by atoms with van der Waals surface area (Å²) in [6, 6.07) is 0. The van der Waals surface area contributed by atoms with E-state index in [0.29, 0.717) is 0 Å². The first kappa shape index (κ1) is 12.1. The minimum atomic E-state index is -1.02. The third-order valence-corrected chi connectivity index (χ3v) is 1.22. The van der Waals surface area contributed by atoms with Gasteiger partial charge in [-0.25, -0.2) is 4.79 Å². The normalized spacial score (nSPS) is 11.9. The van der Waals surface area contributed by atoms with E-state index in [1.807, 2.05) is 0 Å². The van der Waals surface area contributed by atoms with Crippen molar-refractivity contribution in [3.05, 3.63) is 11.9 Å². The van der Waals surface area contributed by atoms with Gasteiger partial charge in [-0.15, -0.1) is 0 Å². The van der Waals surface area contributed by atoms with Crippen molar-refractivity contribution in [2.75, 3.05) is 20.8 Å². The van der Waals surface area contributed by atoms with E-state index in [0.717, 1.165) is 6.08 Å². The van der Waals surface area contributed by atoms with Crippen molar-refractivity contribution in [2.45, 2.75) is 13.2 Å². The molecule has 76 valence electrons. The number of rotatable bonds is 5. The summed E-state index contributed by atoms with van der Waals surface area (Å²) in [6.45, 7) is 1.72. The monoisotopic (exact) mass is 192 g/mol. The molecule has 0 aromatic carbocycles. The molecule has 0 aromatic heterocycles. The minimum Gasteiger partial charge on any atom is -0.461 e. The highest BCUT2D eigenvalue weighted by Crippen LogP contribution is 2.04. The molecule has 0 saturated heterocycles. The van der Waals surface area contributed by atoms with Crippen LogP contribution in [0.15, 0.2) is 11.9 Å². The van der Waals surface area contributed by atoms with Crippen molar-refractivity contribution in [1.29, 1.82) is 0 Å². The van der Waals surface area contributed by atoms with Gasteiger partial charge in [0.25, 0.3) is 0 Å². The molecule has 0 fully saturated rings. The molecule has 0 rings (SSSR count). The molecule has 0 aliphatic carbocycles. The molecule has 4 nitrogen and oxygen atoms in total. The Morgan fingerprint density at radius 3 is 2.38 bits per heavy atom. The lowest BCUT2D eigenvalue weighted by molar-refractivity contribution is -0.140. The quantitative estimate of drug-likeness (QED) is 0.370. The standard InChI is InChI=1S/C8H13FO4/c1-4-13-8(10)6(9)5-7(11-2)12-3/h5,7H,4H2,1-3H3/b6-5-. The predicted octanol–water partition coefficient (Wildman–Crippen LogP) is 1.02. The molecule has 0 saturated carbocycles. The van der Waals surface area contributed by atoms with Gasteiger partial charge in [-0.2, -0.15) is 4.39 Å². The Hall–Kier alpha value is -0.940. The Morgan fingerprint density at radius 2 is 2.00 bits per heavy atom. The topological polar surface area (TPSA) is 44.8 Å². The number of hydrogen-bond acceptors (Lipinski definition) is 4. The van der Waals surface area contributed by atoms with Crippen LogP contribution in [0.25, 0.3) is 0 Å². The molecular formula is C8H13FO4. The van der Waals surface area contributed by atoms with E-state index in [2.05, 4.69) is 14.2 Å². The first-order valence-electron chi connectivity index (χ1n) is 3.75. The smallest absolute Gasteiger partial charge is 0.367 e. The molecule has 0 spiro atoms. The summed E-state index contributed by atoms with van der Waals surface area (Å²) in [5, 5.41) is 0. The predicted molar refractivity (Wildman–Crippen MR) is 43.6 cm³/mol. The number of methoxy groups -OCH3 is 2. The molecular weight excluding hydrogens is 179 g/mol. The largest absolute Gasteiger partial charge is 0.461 e. The maximum absolute atomic E-state index is 12.8. The van der Waals surface area contributed by atoms with E-state index >= 15 is 0 Å². The fourth-order valence-electron chi connectivity index (χ4n) is 0.620. The van der Waals surface area contributed by atoms with Crippen molar-refractivity contribution in [1.82, 2.24) is 0 Å². The Morgan fingerprint density at radius 1 is 1.46 bits per heavy atom. The number of carbonyl (C=O) groups is 1. The Labute approximate surface area is 76.3 Å². The summed E-state index contributed by atoms with van der Waals surface area (Å²) in [5.41, 5.74) is 0. The summed E-state index contributed by atoms with van der Waals surface area (Å²) in [4.78, 5) is 10.7. The van der Waals surface area contributed by atoms with Crippen LogP contribution in [0.1, 0.15) is 6.92 Å². The second-order valence-electron chi connectivity index (χ2n) is 2.07. The van der Waals surface area contributed by atoms with Crippen LogP contribution in [0, 0.1) is 0 Å². The average molecular weight is 192 g/mol. The number of hydrogen-bond donors (Lipinski definition) is 0. The third-order valence-electron chi connectivity index (χ3n) is 1.22. The van der Waals surface area contributed by atoms with Gasteiger partial charge in [0.15, 0.2) is 6.29 Å². The lowest BCUT2D eigenvalue weighted by Crippen LogP contribution is -2.13. The summed E-state index contributed by atoms with van der Waals surface area (Å²) in [6.07, 6.45) is 0.0299. The van der Waals surface area contributed by atoms with Gasteiger partial charge in [-0.1, -0.05) is 0 Å². The number of esters is 1. The molecule has 0 bridgehead atoms. The molecule has 0 amide bonds. The van der Waals surface area contributed by atoms with E-state index in [1.54, 1.807) is 6.92 Å². The van der Waals surface area contributed by atoms with Crippen LogP contribution in [0.5, 0.6) is 0 Å². The summed E-state index contributed by atoms with van der Waals surface area (Å²) in [5.74, 6) is -2.03. The highest BCUT2D eigenvalue weighted by molar-refractivity contribution is 5.85. The first-order valence-corrected chi connectivity index (χ1v) is 3.75. The number of carbonyl (C=O) groups excluding carboxylic acids is 1. The van der Waals surface area contributed by atoms with E-state index in [4.69, 9.17) is 0 Å². The summed E-state index contributed by atoms with van der Waals surface area (Å²) >= 11 is 0. The van der Waals surface area contributed by atoms with Gasteiger partial charge in [0, 0.05) is 20.3 Å². The molecule has 0 heterocycles. The van der Waals surface area contributed by atoms with E-state index in [1.165, 1.54) is 14.2 Å². The van der Waals surface area contributed by atoms with E-state index < -0.39 is 18.1 Å². The maximum atomic E-state index is 12.8. The van der Waals surface area contributed by atoms with Gasteiger partial charge in [-0.3, -0.25) is 0 Å². The maximum Gasteiger partial charge on any atom is 0.367 e. The van der Waals surface area contributed by atoms with Crippen molar-refractivity contribution in [3.8, 4) is 0 Å². The van der Waals surface area contributed by atoms with Crippen LogP contribution < -0.4 is 0 Å². The van der Waals surface area contributed by atoms with Gasteiger partial charge >= 0.3 is 5.97 Å². The van der Waals surface area contributed by atoms with E-state index in [-0.39, 0.29) is 6.61 Å². The lowest BCUT2D eigenvalue weighted by Gasteiger charge is -2.07. The van der Waals surface area contributed by atoms with Gasteiger partial charge in [0.2, 0.25) is 5.83 Å². The molecule has 0 radical (unpaired) electrons. The van der Waals surface area contributed by atoms with Crippen LogP contribution in [0.3, 0.4) is 0 Å². The zero-order chi connectivity index (χ0) is 10.3. The molecule has 0 aliphatic heterocycles. The Kier molecular flexibility index (Phi) is 6.09. The van der Waals surface area contributed by atoms with Crippen LogP contribution >= 0.6 is 0 Å². The Balaban J connectivity index is 4.20. The second kappa shape index (κ2) is 6.56. The number of ether oxygens (including phenoxy) is 3. The van der Waals surface area contributed by atoms with Crippen molar-refractivity contribution >= 4 is 5.97 Å². The van der Waals surface area contributed by atoms with Crippen LogP contribution in [0.4, 0.5) is 4.39 Å². The highest BCUT2D eigenvalue weighted by Gasteiger charge is 2.12. The molecule has 0 aliphatic rings. The van der Waals surface area contributed by atoms with E-state index in [9.17, 15) is 9.18 Å². The number of halogens is 1. The molecule has 5 heteroatoms. The average Bonchev–Trinajstić information content (AvgIpc) is 2.14. The summed E-state index contributed by atoms with van der Waals surface area (Å²) < 4.78 is 26.5. The highest BCUT2D eigenvalue weighted by atomic mass is 19.1.